The highest BCUT2D eigenvalue weighted by atomic mass is 19.1. The third-order valence-electron chi connectivity index (χ3n) is 2.02. The number of rotatable bonds is 5. The quantitative estimate of drug-likeness (QED) is 0.741. The Balaban J connectivity index is 2.20. The molecule has 0 saturated carbocycles. The molecule has 0 aromatic heterocycles. The Morgan fingerprint density at radius 2 is 1.92 bits per heavy atom. The Morgan fingerprint density at radius 1 is 1.23 bits per heavy atom. The lowest BCUT2D eigenvalue weighted by Crippen LogP contribution is -2.05. The van der Waals surface area contributed by atoms with Crippen LogP contribution in [0.2, 0.25) is 0 Å². The first-order chi connectivity index (χ1) is 6.33. The molecule has 0 aliphatic carbocycles. The fraction of sp³-hybridized carbons (Fsp3) is 0.455. The van der Waals surface area contributed by atoms with Gasteiger partial charge >= 0.3 is 0 Å². The minimum Gasteiger partial charge on any atom is -0.393 e. The van der Waals surface area contributed by atoms with Gasteiger partial charge in [0.15, 0.2) is 0 Å². The van der Waals surface area contributed by atoms with Crippen LogP contribution < -0.4 is 0 Å². The summed E-state index contributed by atoms with van der Waals surface area (Å²) < 4.78 is 12.6. The number of hydrogen-bond donors (Lipinski definition) is 1. The molecule has 0 heterocycles. The first kappa shape index (κ1) is 10.2. The van der Waals surface area contributed by atoms with E-state index in [1.165, 1.54) is 5.56 Å². The summed E-state index contributed by atoms with van der Waals surface area (Å²) >= 11 is 0. The zero-order valence-electron chi connectivity index (χ0n) is 7.62. The average molecular weight is 182 g/mol. The Bertz CT molecular complexity index is 223. The van der Waals surface area contributed by atoms with E-state index >= 15 is 0 Å². The van der Waals surface area contributed by atoms with Gasteiger partial charge < -0.3 is 5.11 Å². The number of benzene rings is 1. The van der Waals surface area contributed by atoms with Crippen LogP contribution in [0.3, 0.4) is 0 Å². The van der Waals surface area contributed by atoms with Crippen molar-refractivity contribution < 1.29 is 9.50 Å². The number of aliphatic hydroxyl groups is 1. The standard InChI is InChI=1S/C11H15FO/c12-11(9-13)8-4-7-10-5-2-1-3-6-10/h1-3,5-6,11,13H,4,7-9H2/t11-/m0/s1. The molecule has 0 aliphatic rings. The zero-order valence-corrected chi connectivity index (χ0v) is 7.62. The maximum atomic E-state index is 12.6. The Kier molecular flexibility index (Phi) is 4.47. The molecule has 1 aromatic rings. The van der Waals surface area contributed by atoms with E-state index in [1.807, 2.05) is 30.3 Å². The van der Waals surface area contributed by atoms with Crippen LogP contribution >= 0.6 is 0 Å². The third kappa shape index (κ3) is 4.04. The van der Waals surface area contributed by atoms with Gasteiger partial charge in [-0.15, -0.1) is 0 Å². The summed E-state index contributed by atoms with van der Waals surface area (Å²) in [6, 6.07) is 10.00. The predicted octanol–water partition coefficient (Wildman–Crippen LogP) is 2.34. The molecular formula is C11H15FO. The molecule has 2 heteroatoms. The molecule has 1 atom stereocenters. The fourth-order valence-electron chi connectivity index (χ4n) is 1.26. The van der Waals surface area contributed by atoms with Crippen LogP contribution in [0.1, 0.15) is 18.4 Å². The molecular weight excluding hydrogens is 167 g/mol. The molecule has 0 saturated heterocycles. The number of aliphatic hydroxyl groups excluding tert-OH is 1. The van der Waals surface area contributed by atoms with Gasteiger partial charge in [-0.2, -0.15) is 0 Å². The summed E-state index contributed by atoms with van der Waals surface area (Å²) in [5.41, 5.74) is 1.23. The highest BCUT2D eigenvalue weighted by molar-refractivity contribution is 5.14. The molecule has 0 amide bonds. The van der Waals surface area contributed by atoms with Crippen molar-refractivity contribution in [2.45, 2.75) is 25.4 Å². The second-order valence-electron chi connectivity index (χ2n) is 3.16. The van der Waals surface area contributed by atoms with E-state index in [0.717, 1.165) is 12.8 Å². The van der Waals surface area contributed by atoms with E-state index in [0.29, 0.717) is 6.42 Å². The van der Waals surface area contributed by atoms with Crippen molar-refractivity contribution in [1.29, 1.82) is 0 Å². The summed E-state index contributed by atoms with van der Waals surface area (Å²) in [6.07, 6.45) is 1.09. The second kappa shape index (κ2) is 5.70. The Morgan fingerprint density at radius 3 is 2.54 bits per heavy atom. The van der Waals surface area contributed by atoms with Crippen LogP contribution in [-0.2, 0) is 6.42 Å². The lowest BCUT2D eigenvalue weighted by molar-refractivity contribution is 0.168. The molecule has 0 fully saturated rings. The molecule has 1 rings (SSSR count). The molecule has 72 valence electrons. The van der Waals surface area contributed by atoms with E-state index in [2.05, 4.69) is 0 Å². The minimum atomic E-state index is -1.05. The van der Waals surface area contributed by atoms with Gasteiger partial charge in [0.05, 0.1) is 6.61 Å². The maximum absolute atomic E-state index is 12.6. The van der Waals surface area contributed by atoms with Gasteiger partial charge in [-0.3, -0.25) is 0 Å². The van der Waals surface area contributed by atoms with Crippen molar-refractivity contribution in [2.75, 3.05) is 6.61 Å². The number of aryl methyl sites for hydroxylation is 1. The van der Waals surface area contributed by atoms with Crippen molar-refractivity contribution in [2.24, 2.45) is 0 Å². The molecule has 0 bridgehead atoms. The maximum Gasteiger partial charge on any atom is 0.123 e. The highest BCUT2D eigenvalue weighted by Crippen LogP contribution is 2.07. The van der Waals surface area contributed by atoms with Gasteiger partial charge in [0.1, 0.15) is 6.17 Å². The molecule has 0 aliphatic heterocycles. The van der Waals surface area contributed by atoms with E-state index in [-0.39, 0.29) is 6.61 Å². The van der Waals surface area contributed by atoms with Gasteiger partial charge in [0.25, 0.3) is 0 Å². The van der Waals surface area contributed by atoms with Gasteiger partial charge in [-0.25, -0.2) is 4.39 Å². The first-order valence-corrected chi connectivity index (χ1v) is 4.62. The largest absolute Gasteiger partial charge is 0.393 e. The van der Waals surface area contributed by atoms with Gasteiger partial charge in [-0.05, 0) is 24.8 Å². The number of alkyl halides is 1. The van der Waals surface area contributed by atoms with Crippen LogP contribution in [0.15, 0.2) is 30.3 Å². The Hall–Kier alpha value is -0.890. The number of halogens is 1. The van der Waals surface area contributed by atoms with Crippen molar-refractivity contribution >= 4 is 0 Å². The van der Waals surface area contributed by atoms with E-state index in [9.17, 15) is 4.39 Å². The monoisotopic (exact) mass is 182 g/mol. The van der Waals surface area contributed by atoms with E-state index in [1.54, 1.807) is 0 Å². The summed E-state index contributed by atoms with van der Waals surface area (Å²) in [5, 5.41) is 8.46. The van der Waals surface area contributed by atoms with Crippen LogP contribution in [0.4, 0.5) is 4.39 Å². The van der Waals surface area contributed by atoms with Crippen molar-refractivity contribution in [1.82, 2.24) is 0 Å². The van der Waals surface area contributed by atoms with Gasteiger partial charge in [0.2, 0.25) is 0 Å². The summed E-state index contributed by atoms with van der Waals surface area (Å²) in [4.78, 5) is 0. The molecule has 0 radical (unpaired) electrons. The molecule has 13 heavy (non-hydrogen) atoms. The SMILES string of the molecule is OC[C@@H](F)CCCc1ccccc1. The van der Waals surface area contributed by atoms with Crippen LogP contribution in [0.25, 0.3) is 0 Å². The number of hydrogen-bond acceptors (Lipinski definition) is 1. The van der Waals surface area contributed by atoms with Crippen molar-refractivity contribution in [3.8, 4) is 0 Å². The van der Waals surface area contributed by atoms with E-state index < -0.39 is 6.17 Å². The minimum absolute atomic E-state index is 0.352. The Labute approximate surface area is 78.2 Å². The van der Waals surface area contributed by atoms with Crippen LogP contribution in [0.5, 0.6) is 0 Å². The van der Waals surface area contributed by atoms with E-state index in [4.69, 9.17) is 5.11 Å². The van der Waals surface area contributed by atoms with Crippen molar-refractivity contribution in [3.05, 3.63) is 35.9 Å². The smallest absolute Gasteiger partial charge is 0.123 e. The molecule has 0 unspecified atom stereocenters. The molecule has 1 N–H and O–H groups in total. The van der Waals surface area contributed by atoms with Crippen LogP contribution in [0, 0.1) is 0 Å². The molecule has 0 spiro atoms. The summed E-state index contributed by atoms with van der Waals surface area (Å²) in [7, 11) is 0. The summed E-state index contributed by atoms with van der Waals surface area (Å²) in [5.74, 6) is 0. The van der Waals surface area contributed by atoms with Crippen molar-refractivity contribution in [3.63, 3.8) is 0 Å². The highest BCUT2D eigenvalue weighted by Gasteiger charge is 2.03. The lowest BCUT2D eigenvalue weighted by Gasteiger charge is -2.03. The van der Waals surface area contributed by atoms with Crippen LogP contribution in [-0.4, -0.2) is 17.9 Å². The lowest BCUT2D eigenvalue weighted by atomic mass is 10.1. The zero-order chi connectivity index (χ0) is 9.52. The molecule has 1 nitrogen and oxygen atoms in total. The predicted molar refractivity (Wildman–Crippen MR) is 51.4 cm³/mol. The summed E-state index contributed by atoms with van der Waals surface area (Å²) in [6.45, 7) is -0.352. The molecule has 1 aromatic carbocycles. The second-order valence-corrected chi connectivity index (χ2v) is 3.16. The van der Waals surface area contributed by atoms with Gasteiger partial charge in [0, 0.05) is 0 Å². The third-order valence-corrected chi connectivity index (χ3v) is 2.02. The first-order valence-electron chi connectivity index (χ1n) is 4.62. The normalized spacial score (nSPS) is 12.8. The average Bonchev–Trinajstić information content (AvgIpc) is 2.19. The fourth-order valence-corrected chi connectivity index (χ4v) is 1.26. The van der Waals surface area contributed by atoms with Gasteiger partial charge in [-0.1, -0.05) is 30.3 Å². The topological polar surface area (TPSA) is 20.2 Å².